The Morgan fingerprint density at radius 1 is 1.13 bits per heavy atom. The standard InChI is InChI=1S/C21H16F2N8O.C2HF3O2/c1-10(27-19-17-18(26-9-25-17)29-21(24)30-19)16-15(11-6-12(22)8-13(23)7-11)20(32)31-5-3-2-4-14(31)28-16;3-2(4,5)1(6)7/h2-10H,1H3,(H4,24,25,26,27,29,30);(H,6,7). The number of anilines is 2. The second-order valence-corrected chi connectivity index (χ2v) is 7.96. The molecular weight excluding hydrogens is 531 g/mol. The van der Waals surface area contributed by atoms with Crippen LogP contribution in [0.4, 0.5) is 33.7 Å². The summed E-state index contributed by atoms with van der Waals surface area (Å²) in [5, 5.41) is 10.3. The fourth-order valence-electron chi connectivity index (χ4n) is 3.62. The van der Waals surface area contributed by atoms with Crippen molar-refractivity contribution in [2.45, 2.75) is 19.1 Å². The maximum Gasteiger partial charge on any atom is 0.490 e. The number of nitrogens with two attached hydrogens (primary N) is 1. The van der Waals surface area contributed by atoms with E-state index < -0.39 is 35.4 Å². The van der Waals surface area contributed by atoms with Gasteiger partial charge in [0.25, 0.3) is 5.56 Å². The van der Waals surface area contributed by atoms with Crippen LogP contribution in [0.1, 0.15) is 18.7 Å². The van der Waals surface area contributed by atoms with Crippen molar-refractivity contribution < 1.29 is 31.9 Å². The predicted molar refractivity (Wildman–Crippen MR) is 129 cm³/mol. The van der Waals surface area contributed by atoms with Crippen LogP contribution >= 0.6 is 0 Å². The number of nitrogens with one attached hydrogen (secondary N) is 2. The zero-order valence-corrected chi connectivity index (χ0v) is 19.7. The third-order valence-corrected chi connectivity index (χ3v) is 5.22. The molecule has 0 aliphatic carbocycles. The smallest absolute Gasteiger partial charge is 0.475 e. The molecule has 4 heterocycles. The fourth-order valence-corrected chi connectivity index (χ4v) is 3.62. The number of rotatable bonds is 4. The molecule has 0 bridgehead atoms. The molecule has 16 heteroatoms. The summed E-state index contributed by atoms with van der Waals surface area (Å²) in [7, 11) is 0. The molecule has 11 nitrogen and oxygen atoms in total. The molecule has 1 unspecified atom stereocenters. The number of carboxylic acid groups (broad SMARTS) is 1. The topological polar surface area (TPSA) is 164 Å². The molecule has 39 heavy (non-hydrogen) atoms. The van der Waals surface area contributed by atoms with Crippen molar-refractivity contribution >= 4 is 34.5 Å². The van der Waals surface area contributed by atoms with Gasteiger partial charge in [-0.25, -0.2) is 23.5 Å². The summed E-state index contributed by atoms with van der Waals surface area (Å²) in [6, 6.07) is 7.43. The van der Waals surface area contributed by atoms with Gasteiger partial charge in [0.2, 0.25) is 5.95 Å². The van der Waals surface area contributed by atoms with E-state index >= 15 is 0 Å². The molecule has 0 saturated carbocycles. The van der Waals surface area contributed by atoms with Crippen LogP contribution in [0.25, 0.3) is 27.9 Å². The molecule has 5 aromatic rings. The maximum absolute atomic E-state index is 14.0. The average Bonchev–Trinajstić information content (AvgIpc) is 3.32. The lowest BCUT2D eigenvalue weighted by Gasteiger charge is -2.19. The summed E-state index contributed by atoms with van der Waals surface area (Å²) in [5.74, 6) is -3.99. The van der Waals surface area contributed by atoms with Crippen molar-refractivity contribution in [3.63, 3.8) is 0 Å². The summed E-state index contributed by atoms with van der Waals surface area (Å²) in [4.78, 5) is 42.1. The number of aromatic nitrogens is 6. The van der Waals surface area contributed by atoms with Crippen molar-refractivity contribution in [1.29, 1.82) is 0 Å². The first-order chi connectivity index (χ1) is 18.3. The Bertz CT molecular complexity index is 1730. The van der Waals surface area contributed by atoms with Crippen molar-refractivity contribution in [1.82, 2.24) is 29.3 Å². The molecular formula is C23H17F5N8O3. The monoisotopic (exact) mass is 548 g/mol. The lowest BCUT2D eigenvalue weighted by Crippen LogP contribution is -2.23. The number of aromatic amines is 1. The molecule has 0 saturated heterocycles. The van der Waals surface area contributed by atoms with Crippen LogP contribution < -0.4 is 16.6 Å². The number of pyridine rings is 1. The number of H-pyrrole nitrogens is 1. The van der Waals surface area contributed by atoms with Gasteiger partial charge in [-0.15, -0.1) is 0 Å². The summed E-state index contributed by atoms with van der Waals surface area (Å²) >= 11 is 0. The number of hydrogen-bond donors (Lipinski definition) is 4. The Morgan fingerprint density at radius 3 is 2.44 bits per heavy atom. The Kier molecular flexibility index (Phi) is 7.11. The second kappa shape index (κ2) is 10.3. The van der Waals surface area contributed by atoms with E-state index in [4.69, 9.17) is 15.6 Å². The molecule has 0 fully saturated rings. The third-order valence-electron chi connectivity index (χ3n) is 5.22. The van der Waals surface area contributed by atoms with Gasteiger partial charge in [0.05, 0.1) is 23.6 Å². The fraction of sp³-hybridized carbons (Fsp3) is 0.130. The number of halogens is 5. The van der Waals surface area contributed by atoms with E-state index in [2.05, 4.69) is 30.2 Å². The number of nitrogen functional groups attached to an aromatic ring is 1. The molecule has 4 aromatic heterocycles. The van der Waals surface area contributed by atoms with E-state index in [1.54, 1.807) is 31.3 Å². The minimum absolute atomic E-state index is 0.0123. The zero-order chi connectivity index (χ0) is 28.5. The number of imidazole rings is 1. The second-order valence-electron chi connectivity index (χ2n) is 7.96. The molecule has 202 valence electrons. The molecule has 0 spiro atoms. The van der Waals surface area contributed by atoms with Crippen LogP contribution in [0.5, 0.6) is 0 Å². The van der Waals surface area contributed by atoms with E-state index in [1.807, 2.05) is 0 Å². The minimum Gasteiger partial charge on any atom is -0.475 e. The van der Waals surface area contributed by atoms with Crippen LogP contribution in [0.2, 0.25) is 0 Å². The first-order valence-corrected chi connectivity index (χ1v) is 10.9. The molecule has 0 aliphatic rings. The number of benzene rings is 1. The Balaban J connectivity index is 0.000000448. The lowest BCUT2D eigenvalue weighted by molar-refractivity contribution is -0.192. The minimum atomic E-state index is -5.08. The van der Waals surface area contributed by atoms with Crippen molar-refractivity contribution in [2.75, 3.05) is 11.1 Å². The van der Waals surface area contributed by atoms with E-state index in [0.717, 1.165) is 18.2 Å². The zero-order valence-electron chi connectivity index (χ0n) is 19.7. The van der Waals surface area contributed by atoms with Crippen LogP contribution in [-0.2, 0) is 4.79 Å². The van der Waals surface area contributed by atoms with Crippen LogP contribution in [0, 0.1) is 11.6 Å². The summed E-state index contributed by atoms with van der Waals surface area (Å²) in [5.41, 5.74) is 7.02. The molecule has 0 aliphatic heterocycles. The van der Waals surface area contributed by atoms with Gasteiger partial charge in [-0.1, -0.05) is 6.07 Å². The number of aliphatic carboxylic acids is 1. The highest BCUT2D eigenvalue weighted by molar-refractivity contribution is 5.84. The number of carboxylic acids is 1. The van der Waals surface area contributed by atoms with E-state index in [-0.39, 0.29) is 22.8 Å². The number of fused-ring (bicyclic) bond motifs is 2. The molecule has 5 N–H and O–H groups in total. The summed E-state index contributed by atoms with van der Waals surface area (Å²) < 4.78 is 61.1. The molecule has 0 amide bonds. The first-order valence-electron chi connectivity index (χ1n) is 10.9. The molecule has 0 radical (unpaired) electrons. The Hall–Kier alpha value is -5.15. The molecule has 5 rings (SSSR count). The highest BCUT2D eigenvalue weighted by Gasteiger charge is 2.38. The van der Waals surface area contributed by atoms with Crippen molar-refractivity contribution in [3.8, 4) is 11.1 Å². The van der Waals surface area contributed by atoms with Gasteiger partial charge < -0.3 is 21.1 Å². The van der Waals surface area contributed by atoms with Crippen LogP contribution in [-0.4, -0.2) is 46.6 Å². The van der Waals surface area contributed by atoms with E-state index in [1.165, 1.54) is 10.7 Å². The maximum atomic E-state index is 14.0. The van der Waals surface area contributed by atoms with E-state index in [9.17, 15) is 26.7 Å². The number of hydrogen-bond acceptors (Lipinski definition) is 8. The number of carbonyl (C=O) groups is 1. The predicted octanol–water partition coefficient (Wildman–Crippen LogP) is 3.69. The van der Waals surface area contributed by atoms with Crippen LogP contribution in [0.3, 0.4) is 0 Å². The van der Waals surface area contributed by atoms with Gasteiger partial charge in [-0.3, -0.25) is 9.20 Å². The lowest BCUT2D eigenvalue weighted by atomic mass is 10.0. The molecule has 1 aromatic carbocycles. The highest BCUT2D eigenvalue weighted by Crippen LogP contribution is 2.29. The van der Waals surface area contributed by atoms with Gasteiger partial charge in [0.15, 0.2) is 11.5 Å². The van der Waals surface area contributed by atoms with Gasteiger partial charge in [-0.2, -0.15) is 23.1 Å². The third kappa shape index (κ3) is 5.73. The highest BCUT2D eigenvalue weighted by atomic mass is 19.4. The average molecular weight is 548 g/mol. The largest absolute Gasteiger partial charge is 0.490 e. The van der Waals surface area contributed by atoms with Gasteiger partial charge in [0, 0.05) is 12.3 Å². The van der Waals surface area contributed by atoms with Crippen molar-refractivity contribution in [2.24, 2.45) is 0 Å². The summed E-state index contributed by atoms with van der Waals surface area (Å²) in [6.45, 7) is 1.75. The summed E-state index contributed by atoms with van der Waals surface area (Å²) in [6.07, 6.45) is -2.08. The van der Waals surface area contributed by atoms with E-state index in [0.29, 0.717) is 22.6 Å². The normalized spacial score (nSPS) is 12.2. The SMILES string of the molecule is CC(Nc1nc(N)nc2nc[nH]c12)c1nc2ccccn2c(=O)c1-c1cc(F)cc(F)c1.O=C(O)C(F)(F)F. The Labute approximate surface area is 214 Å². The van der Waals surface area contributed by atoms with Crippen molar-refractivity contribution in [3.05, 3.63) is 76.6 Å². The quantitative estimate of drug-likeness (QED) is 0.245. The van der Waals surface area contributed by atoms with Gasteiger partial charge in [-0.05, 0) is 36.8 Å². The first kappa shape index (κ1) is 26.9. The Morgan fingerprint density at radius 2 is 1.79 bits per heavy atom. The number of nitrogens with zero attached hydrogens (tertiary/aromatic N) is 5. The number of alkyl halides is 3. The van der Waals surface area contributed by atoms with Crippen LogP contribution in [0.15, 0.2) is 53.7 Å². The molecule has 1 atom stereocenters. The van der Waals surface area contributed by atoms with Gasteiger partial charge >= 0.3 is 12.1 Å². The van der Waals surface area contributed by atoms with Gasteiger partial charge in [0.1, 0.15) is 22.8 Å².